The van der Waals surface area contributed by atoms with Gasteiger partial charge in [0.1, 0.15) is 11.6 Å². The molecule has 1 fully saturated rings. The number of rotatable bonds is 7. The predicted molar refractivity (Wildman–Crippen MR) is 141 cm³/mol. The van der Waals surface area contributed by atoms with Gasteiger partial charge in [0, 0.05) is 12.2 Å². The summed E-state index contributed by atoms with van der Waals surface area (Å²) in [6.45, 7) is 5.84. The molecule has 10 heteroatoms. The Morgan fingerprint density at radius 1 is 1.16 bits per heavy atom. The molecule has 0 saturated heterocycles. The van der Waals surface area contributed by atoms with Gasteiger partial charge < -0.3 is 20.9 Å². The van der Waals surface area contributed by atoms with E-state index in [0.717, 1.165) is 17.7 Å². The summed E-state index contributed by atoms with van der Waals surface area (Å²) in [5, 5.41) is 18.1. The van der Waals surface area contributed by atoms with Gasteiger partial charge in [0.2, 0.25) is 5.95 Å². The summed E-state index contributed by atoms with van der Waals surface area (Å²) in [7, 11) is 0. The first-order chi connectivity index (χ1) is 18.2. The minimum atomic E-state index is -0.715. The molecule has 1 aromatic carbocycles. The Balaban J connectivity index is 1.46. The van der Waals surface area contributed by atoms with Crippen LogP contribution in [-0.2, 0) is 11.3 Å². The number of ether oxygens (including phenoxy) is 1. The highest BCUT2D eigenvalue weighted by Gasteiger charge is 2.34. The minimum absolute atomic E-state index is 0.0535. The monoisotopic (exact) mass is 522 g/mol. The average Bonchev–Trinajstić information content (AvgIpc) is 3.27. The van der Waals surface area contributed by atoms with Crippen LogP contribution < -0.4 is 11.1 Å². The van der Waals surface area contributed by atoms with Crippen LogP contribution in [0.15, 0.2) is 48.9 Å². The number of halogens is 2. The van der Waals surface area contributed by atoms with Crippen molar-refractivity contribution >= 4 is 17.2 Å². The predicted octanol–water partition coefficient (Wildman–Crippen LogP) is 4.94. The van der Waals surface area contributed by atoms with Crippen LogP contribution in [0.2, 0.25) is 0 Å². The maximum Gasteiger partial charge on any atom is 0.229 e. The summed E-state index contributed by atoms with van der Waals surface area (Å²) in [4.78, 5) is 8.71. The Kier molecular flexibility index (Phi) is 7.38. The zero-order chi connectivity index (χ0) is 27.0. The molecule has 0 bridgehead atoms. The Labute approximate surface area is 219 Å². The number of hydrogen-bond donors (Lipinski definition) is 3. The molecule has 0 amide bonds. The molecule has 3 heterocycles. The number of aromatic nitrogens is 4. The zero-order valence-corrected chi connectivity index (χ0v) is 21.6. The number of imidazole rings is 1. The molecule has 8 nitrogen and oxygen atoms in total. The maximum absolute atomic E-state index is 15.0. The number of nitrogens with two attached hydrogens (primary N) is 1. The number of pyridine rings is 1. The van der Waals surface area contributed by atoms with E-state index in [2.05, 4.69) is 20.4 Å². The molecular formula is C28H32F2N6O2. The van der Waals surface area contributed by atoms with Crippen molar-refractivity contribution in [2.45, 2.75) is 64.4 Å². The van der Waals surface area contributed by atoms with Crippen molar-refractivity contribution in [1.29, 1.82) is 0 Å². The first-order valence-corrected chi connectivity index (χ1v) is 12.8. The number of hydrogen-bond acceptors (Lipinski definition) is 7. The van der Waals surface area contributed by atoms with Gasteiger partial charge in [-0.2, -0.15) is 9.61 Å². The largest absolute Gasteiger partial charge is 0.391 e. The second kappa shape index (κ2) is 10.7. The molecule has 0 aliphatic heterocycles. The standard InChI is InChI=1S/C28H32F2N6O2/c1-15(2)38-14-17-9-21(29)26(22(30)10-17)24-5-4-19-12-33-28(36(19)35-24)34-25-13-32-7-6-20(25)18-8-16(3)27(37)23(31)11-18/h4-7,9-10,12-13,15-16,18,23,27,37H,8,11,14,31H2,1-3H3,(H,33,34)/t16-,18+,23+,27-/m0/s1. The highest BCUT2D eigenvalue weighted by Crippen LogP contribution is 2.39. The Hall–Kier alpha value is -3.47. The number of nitrogens with zero attached hydrogens (tertiary/aromatic N) is 4. The highest BCUT2D eigenvalue weighted by atomic mass is 19.1. The molecule has 3 aromatic heterocycles. The summed E-state index contributed by atoms with van der Waals surface area (Å²) in [5.41, 5.74) is 8.95. The summed E-state index contributed by atoms with van der Waals surface area (Å²) < 4.78 is 37.1. The van der Waals surface area contributed by atoms with Crippen LogP contribution >= 0.6 is 0 Å². The number of benzene rings is 1. The summed E-state index contributed by atoms with van der Waals surface area (Å²) >= 11 is 0. The van der Waals surface area contributed by atoms with E-state index in [-0.39, 0.29) is 41.8 Å². The molecule has 4 aromatic rings. The summed E-state index contributed by atoms with van der Waals surface area (Å²) in [6.07, 6.45) is 5.91. The van der Waals surface area contributed by atoms with Gasteiger partial charge in [0.05, 0.1) is 53.7 Å². The topological polar surface area (TPSA) is 111 Å². The van der Waals surface area contributed by atoms with E-state index < -0.39 is 17.7 Å². The smallest absolute Gasteiger partial charge is 0.229 e. The van der Waals surface area contributed by atoms with Crippen LogP contribution in [0.3, 0.4) is 0 Å². The second-order valence-electron chi connectivity index (χ2n) is 10.3. The van der Waals surface area contributed by atoms with Gasteiger partial charge in [-0.3, -0.25) is 4.98 Å². The lowest BCUT2D eigenvalue weighted by atomic mass is 9.74. The molecule has 200 valence electrons. The molecule has 0 unspecified atom stereocenters. The lowest BCUT2D eigenvalue weighted by Gasteiger charge is -2.36. The first-order valence-electron chi connectivity index (χ1n) is 12.8. The van der Waals surface area contributed by atoms with Crippen molar-refractivity contribution in [3.63, 3.8) is 0 Å². The van der Waals surface area contributed by atoms with Crippen LogP contribution in [0.4, 0.5) is 20.4 Å². The van der Waals surface area contributed by atoms with E-state index in [0.29, 0.717) is 23.4 Å². The number of aliphatic hydroxyl groups is 1. The molecule has 5 rings (SSSR count). The Morgan fingerprint density at radius 3 is 2.63 bits per heavy atom. The fraction of sp³-hybridized carbons (Fsp3) is 0.393. The van der Waals surface area contributed by atoms with Gasteiger partial charge in [0.15, 0.2) is 0 Å². The first kappa shape index (κ1) is 26.1. The Morgan fingerprint density at radius 2 is 1.92 bits per heavy atom. The molecule has 38 heavy (non-hydrogen) atoms. The molecule has 1 saturated carbocycles. The zero-order valence-electron chi connectivity index (χ0n) is 21.6. The number of nitrogens with one attached hydrogen (secondary N) is 1. The molecule has 4 N–H and O–H groups in total. The molecular weight excluding hydrogens is 490 g/mol. The van der Waals surface area contributed by atoms with Gasteiger partial charge in [0.25, 0.3) is 0 Å². The van der Waals surface area contributed by atoms with Crippen LogP contribution in [0, 0.1) is 17.6 Å². The van der Waals surface area contributed by atoms with Crippen LogP contribution in [0.5, 0.6) is 0 Å². The summed E-state index contributed by atoms with van der Waals surface area (Å²) in [6, 6.07) is 7.45. The third-order valence-corrected chi connectivity index (χ3v) is 7.10. The summed E-state index contributed by atoms with van der Waals surface area (Å²) in [5.74, 6) is -0.854. The quantitative estimate of drug-likeness (QED) is 0.315. The van der Waals surface area contributed by atoms with Gasteiger partial charge in [-0.05, 0) is 80.0 Å². The van der Waals surface area contributed by atoms with E-state index in [1.165, 1.54) is 16.6 Å². The molecule has 0 spiro atoms. The number of aliphatic hydroxyl groups excluding tert-OH is 1. The fourth-order valence-corrected chi connectivity index (χ4v) is 5.13. The average molecular weight is 523 g/mol. The second-order valence-corrected chi connectivity index (χ2v) is 10.3. The molecule has 1 aliphatic carbocycles. The molecule has 1 aliphatic rings. The van der Waals surface area contributed by atoms with Crippen LogP contribution in [-0.4, -0.2) is 42.9 Å². The lowest BCUT2D eigenvalue weighted by Crippen LogP contribution is -2.44. The van der Waals surface area contributed by atoms with Crippen molar-refractivity contribution in [3.05, 3.63) is 71.7 Å². The highest BCUT2D eigenvalue weighted by molar-refractivity contribution is 5.66. The van der Waals surface area contributed by atoms with Gasteiger partial charge >= 0.3 is 0 Å². The minimum Gasteiger partial charge on any atom is -0.391 e. The fourth-order valence-electron chi connectivity index (χ4n) is 5.13. The van der Waals surface area contributed by atoms with Crippen molar-refractivity contribution in [3.8, 4) is 11.3 Å². The van der Waals surface area contributed by atoms with Crippen molar-refractivity contribution in [1.82, 2.24) is 19.6 Å². The van der Waals surface area contributed by atoms with Crippen molar-refractivity contribution in [2.75, 3.05) is 5.32 Å². The van der Waals surface area contributed by atoms with Crippen LogP contribution in [0.1, 0.15) is 50.7 Å². The third kappa shape index (κ3) is 5.24. The van der Waals surface area contributed by atoms with Crippen LogP contribution in [0.25, 0.3) is 16.8 Å². The van der Waals surface area contributed by atoms with Gasteiger partial charge in [-0.25, -0.2) is 13.8 Å². The number of fused-ring (bicyclic) bond motifs is 1. The van der Waals surface area contributed by atoms with Gasteiger partial charge in [-0.15, -0.1) is 0 Å². The molecule has 4 atom stereocenters. The maximum atomic E-state index is 15.0. The van der Waals surface area contributed by atoms with Crippen molar-refractivity contribution in [2.24, 2.45) is 11.7 Å². The van der Waals surface area contributed by atoms with E-state index in [1.807, 2.05) is 26.8 Å². The SMILES string of the molecule is CC(C)OCc1cc(F)c(-c2ccc3cnc(Nc4cnccc4[C@H]4C[C@@H](N)[C@@H](O)[C@@H](C)C4)n3n2)c(F)c1. The van der Waals surface area contributed by atoms with Crippen molar-refractivity contribution < 1.29 is 18.6 Å². The van der Waals surface area contributed by atoms with E-state index in [4.69, 9.17) is 10.5 Å². The van der Waals surface area contributed by atoms with E-state index in [9.17, 15) is 5.11 Å². The third-order valence-electron chi connectivity index (χ3n) is 7.10. The van der Waals surface area contributed by atoms with E-state index >= 15 is 8.78 Å². The normalized spacial score (nSPS) is 21.8. The number of anilines is 2. The van der Waals surface area contributed by atoms with Gasteiger partial charge in [-0.1, -0.05) is 6.92 Å². The molecule has 0 radical (unpaired) electrons. The Bertz CT molecular complexity index is 1410. The van der Waals surface area contributed by atoms with E-state index in [1.54, 1.807) is 30.7 Å². The lowest BCUT2D eigenvalue weighted by molar-refractivity contribution is 0.0521.